The maximum absolute atomic E-state index is 14.7. The highest BCUT2D eigenvalue weighted by molar-refractivity contribution is 5.89. The summed E-state index contributed by atoms with van der Waals surface area (Å²) in [6.07, 6.45) is 0. The zero-order valence-electron chi connectivity index (χ0n) is 19.7. The van der Waals surface area contributed by atoms with Crippen LogP contribution in [0, 0.1) is 23.0 Å². The number of anilines is 1. The number of piperazine rings is 1. The quantitative estimate of drug-likeness (QED) is 0.571. The molecule has 0 spiro atoms. The molecule has 2 atom stereocenters. The van der Waals surface area contributed by atoms with E-state index in [-0.39, 0.29) is 41.2 Å². The van der Waals surface area contributed by atoms with E-state index in [1.165, 1.54) is 16.7 Å². The molecule has 2 aromatic heterocycles. The Labute approximate surface area is 196 Å². The van der Waals surface area contributed by atoms with E-state index in [9.17, 15) is 18.8 Å². The van der Waals surface area contributed by atoms with Gasteiger partial charge in [0.1, 0.15) is 34.7 Å². The summed E-state index contributed by atoms with van der Waals surface area (Å²) in [7, 11) is 1.67. The van der Waals surface area contributed by atoms with Gasteiger partial charge >= 0.3 is 0 Å². The maximum Gasteiger partial charge on any atom is 0.252 e. The van der Waals surface area contributed by atoms with Crippen LogP contribution in [0.2, 0.25) is 0 Å². The third-order valence-electron chi connectivity index (χ3n) is 6.39. The van der Waals surface area contributed by atoms with Crippen LogP contribution in [0.5, 0.6) is 5.75 Å². The number of hydrogen-bond acceptors (Lipinski definition) is 6. The van der Waals surface area contributed by atoms with E-state index in [2.05, 4.69) is 16.0 Å². The van der Waals surface area contributed by atoms with Crippen LogP contribution in [0.25, 0.3) is 11.0 Å². The summed E-state index contributed by atoms with van der Waals surface area (Å²) in [6.45, 7) is 7.26. The molecule has 4 rings (SSSR count). The predicted octanol–water partition coefficient (Wildman–Crippen LogP) is 3.58. The third kappa shape index (κ3) is 4.33. The standard InChI is InChI=1S/C25H27F2N5O2/c1-5-34-18-8-20(26)19(21(27)9-18)14-31-12-16(3)32(13-15(31)2)23-10-24(33)30(4)22-7-6-17(11-28)29-25(22)23/h6-10,15-16H,5,12-14H2,1-4H3/t15-,16+/m1/s1. The molecule has 7 nitrogen and oxygen atoms in total. The van der Waals surface area contributed by atoms with E-state index in [1.807, 2.05) is 18.7 Å². The van der Waals surface area contributed by atoms with E-state index >= 15 is 0 Å². The highest BCUT2D eigenvalue weighted by atomic mass is 19.1. The van der Waals surface area contributed by atoms with Gasteiger partial charge in [-0.05, 0) is 32.9 Å². The van der Waals surface area contributed by atoms with Crippen molar-refractivity contribution in [2.24, 2.45) is 7.05 Å². The molecule has 9 heteroatoms. The van der Waals surface area contributed by atoms with E-state index in [0.717, 1.165) is 0 Å². The topological polar surface area (TPSA) is 74.4 Å². The Morgan fingerprint density at radius 3 is 2.50 bits per heavy atom. The normalized spacial score (nSPS) is 18.8. The molecule has 3 aromatic rings. The fourth-order valence-corrected chi connectivity index (χ4v) is 4.53. The minimum atomic E-state index is -0.628. The van der Waals surface area contributed by atoms with Crippen molar-refractivity contribution < 1.29 is 13.5 Å². The van der Waals surface area contributed by atoms with Gasteiger partial charge in [-0.15, -0.1) is 0 Å². The second-order valence-electron chi connectivity index (χ2n) is 8.68. The fourth-order valence-electron chi connectivity index (χ4n) is 4.53. The highest BCUT2D eigenvalue weighted by Gasteiger charge is 2.32. The van der Waals surface area contributed by atoms with Gasteiger partial charge in [-0.1, -0.05) is 0 Å². The van der Waals surface area contributed by atoms with E-state index in [1.54, 1.807) is 32.2 Å². The monoisotopic (exact) mass is 467 g/mol. The Morgan fingerprint density at radius 2 is 1.85 bits per heavy atom. The first-order valence-electron chi connectivity index (χ1n) is 11.3. The van der Waals surface area contributed by atoms with Crippen molar-refractivity contribution >= 4 is 16.7 Å². The molecule has 1 aliphatic heterocycles. The van der Waals surface area contributed by atoms with Crippen LogP contribution >= 0.6 is 0 Å². The lowest BCUT2D eigenvalue weighted by Gasteiger charge is -2.45. The molecule has 34 heavy (non-hydrogen) atoms. The Kier molecular flexibility index (Phi) is 6.53. The van der Waals surface area contributed by atoms with Gasteiger partial charge in [-0.2, -0.15) is 5.26 Å². The Bertz CT molecular complexity index is 1310. The van der Waals surface area contributed by atoms with Crippen molar-refractivity contribution in [3.05, 3.63) is 63.6 Å². The Morgan fingerprint density at radius 1 is 1.15 bits per heavy atom. The number of ether oxygens (including phenoxy) is 1. The van der Waals surface area contributed by atoms with Crippen LogP contribution in [0.1, 0.15) is 32.0 Å². The molecule has 1 fully saturated rings. The average Bonchev–Trinajstić information content (AvgIpc) is 2.80. The first-order valence-corrected chi connectivity index (χ1v) is 11.3. The van der Waals surface area contributed by atoms with Crippen LogP contribution < -0.4 is 15.2 Å². The van der Waals surface area contributed by atoms with E-state index in [4.69, 9.17) is 4.74 Å². The molecule has 178 valence electrons. The van der Waals surface area contributed by atoms with Crippen LogP contribution in [-0.2, 0) is 13.6 Å². The summed E-state index contributed by atoms with van der Waals surface area (Å²) in [5, 5.41) is 9.31. The van der Waals surface area contributed by atoms with Gasteiger partial charge in [0.15, 0.2) is 0 Å². The van der Waals surface area contributed by atoms with Gasteiger partial charge in [0, 0.05) is 62.5 Å². The highest BCUT2D eigenvalue weighted by Crippen LogP contribution is 2.30. The number of halogens is 2. The number of nitrogens with zero attached hydrogens (tertiary/aromatic N) is 5. The summed E-state index contributed by atoms with van der Waals surface area (Å²) in [5.41, 5.74) is 1.99. The number of rotatable bonds is 5. The van der Waals surface area contributed by atoms with E-state index in [0.29, 0.717) is 36.4 Å². The number of fused-ring (bicyclic) bond motifs is 1. The SMILES string of the molecule is CCOc1cc(F)c(CN2C[C@H](C)N(c3cc(=O)n(C)c4ccc(C#N)nc34)C[C@H]2C)c(F)c1. The minimum Gasteiger partial charge on any atom is -0.494 e. The largest absolute Gasteiger partial charge is 0.494 e. The molecule has 0 unspecified atom stereocenters. The Hall–Kier alpha value is -3.51. The van der Waals surface area contributed by atoms with Crippen molar-refractivity contribution in [2.75, 3.05) is 24.6 Å². The van der Waals surface area contributed by atoms with Crippen molar-refractivity contribution in [1.29, 1.82) is 5.26 Å². The van der Waals surface area contributed by atoms with Crippen molar-refractivity contribution in [3.63, 3.8) is 0 Å². The molecule has 1 aromatic carbocycles. The molecular weight excluding hydrogens is 440 g/mol. The lowest BCUT2D eigenvalue weighted by molar-refractivity contribution is 0.154. The van der Waals surface area contributed by atoms with E-state index < -0.39 is 11.6 Å². The van der Waals surface area contributed by atoms with Crippen molar-refractivity contribution in [2.45, 2.75) is 39.4 Å². The van der Waals surface area contributed by atoms with Crippen LogP contribution in [-0.4, -0.2) is 46.2 Å². The van der Waals surface area contributed by atoms with Gasteiger partial charge in [-0.3, -0.25) is 9.69 Å². The number of hydrogen-bond donors (Lipinski definition) is 0. The molecule has 0 radical (unpaired) electrons. The van der Waals surface area contributed by atoms with Crippen LogP contribution in [0.15, 0.2) is 35.1 Å². The first kappa shape index (κ1) is 23.6. The van der Waals surface area contributed by atoms with Gasteiger partial charge in [-0.25, -0.2) is 13.8 Å². The molecule has 0 aliphatic carbocycles. The molecular formula is C25H27F2N5O2. The average molecular weight is 468 g/mol. The van der Waals surface area contributed by atoms with Crippen molar-refractivity contribution in [1.82, 2.24) is 14.5 Å². The zero-order valence-corrected chi connectivity index (χ0v) is 19.7. The molecule has 3 heterocycles. The zero-order chi connectivity index (χ0) is 24.6. The summed E-state index contributed by atoms with van der Waals surface area (Å²) >= 11 is 0. The van der Waals surface area contributed by atoms with Gasteiger partial charge < -0.3 is 14.2 Å². The number of aryl methyl sites for hydroxylation is 1. The molecule has 0 amide bonds. The smallest absolute Gasteiger partial charge is 0.252 e. The minimum absolute atomic E-state index is 0.00955. The van der Waals surface area contributed by atoms with Gasteiger partial charge in [0.05, 0.1) is 17.8 Å². The number of pyridine rings is 2. The summed E-state index contributed by atoms with van der Waals surface area (Å²) in [5.74, 6) is -1.08. The summed E-state index contributed by atoms with van der Waals surface area (Å²) < 4.78 is 36.0. The lowest BCUT2D eigenvalue weighted by atomic mass is 10.0. The molecule has 0 bridgehead atoms. The van der Waals surface area contributed by atoms with Crippen LogP contribution in [0.3, 0.4) is 0 Å². The summed E-state index contributed by atoms with van der Waals surface area (Å²) in [4.78, 5) is 21.2. The lowest BCUT2D eigenvalue weighted by Crippen LogP contribution is -2.56. The predicted molar refractivity (Wildman–Crippen MR) is 126 cm³/mol. The van der Waals surface area contributed by atoms with Gasteiger partial charge in [0.25, 0.3) is 5.56 Å². The fraction of sp³-hybridized carbons (Fsp3) is 0.400. The molecule has 0 saturated carbocycles. The second-order valence-corrected chi connectivity index (χ2v) is 8.68. The maximum atomic E-state index is 14.7. The third-order valence-corrected chi connectivity index (χ3v) is 6.39. The second kappa shape index (κ2) is 9.39. The molecule has 1 aliphatic rings. The first-order chi connectivity index (χ1) is 16.2. The number of benzene rings is 1. The summed E-state index contributed by atoms with van der Waals surface area (Å²) in [6, 6.07) is 9.24. The number of nitriles is 1. The number of aromatic nitrogens is 2. The van der Waals surface area contributed by atoms with Crippen LogP contribution in [0.4, 0.5) is 14.5 Å². The molecule has 0 N–H and O–H groups in total. The Balaban J connectivity index is 1.64. The van der Waals surface area contributed by atoms with Crippen molar-refractivity contribution in [3.8, 4) is 11.8 Å². The van der Waals surface area contributed by atoms with Gasteiger partial charge in [0.2, 0.25) is 0 Å². The molecule has 1 saturated heterocycles.